The number of pyridine rings is 1. The number of rotatable bonds is 8. The summed E-state index contributed by atoms with van der Waals surface area (Å²) in [5, 5.41) is 12.0. The molecule has 40 heavy (non-hydrogen) atoms. The molecule has 0 saturated carbocycles. The molecule has 0 aliphatic carbocycles. The van der Waals surface area contributed by atoms with Crippen LogP contribution in [0, 0.1) is 23.0 Å². The van der Waals surface area contributed by atoms with Gasteiger partial charge >= 0.3 is 0 Å². The molecule has 4 aromatic rings. The smallest absolute Gasteiger partial charge is 0.263 e. The fraction of sp³-hybridized carbons (Fsp3) is 0.138. The molecule has 11 heteroatoms. The van der Waals surface area contributed by atoms with E-state index in [-0.39, 0.29) is 33.4 Å². The second kappa shape index (κ2) is 11.5. The zero-order chi connectivity index (χ0) is 29.0. The Labute approximate surface area is 230 Å². The fourth-order valence-corrected chi connectivity index (χ4v) is 4.65. The van der Waals surface area contributed by atoms with Gasteiger partial charge in [0.15, 0.2) is 11.5 Å². The van der Waals surface area contributed by atoms with Crippen molar-refractivity contribution in [1.82, 2.24) is 4.98 Å². The van der Waals surface area contributed by atoms with Crippen molar-refractivity contribution in [1.29, 1.82) is 10.0 Å². The van der Waals surface area contributed by atoms with Gasteiger partial charge in [-0.05, 0) is 48.4 Å². The maximum atomic E-state index is 13.7. The van der Waals surface area contributed by atoms with Crippen molar-refractivity contribution in [3.05, 3.63) is 95.2 Å². The molecule has 204 valence electrons. The topological polar surface area (TPSA) is 125 Å². The number of benzene rings is 3. The van der Waals surface area contributed by atoms with Gasteiger partial charge in [-0.25, -0.2) is 22.8 Å². The van der Waals surface area contributed by atoms with Crippen LogP contribution in [0.2, 0.25) is 0 Å². The van der Waals surface area contributed by atoms with Crippen molar-refractivity contribution in [2.75, 3.05) is 18.7 Å². The van der Waals surface area contributed by atoms with E-state index in [2.05, 4.69) is 10.3 Å². The van der Waals surface area contributed by atoms with Crippen LogP contribution in [0.4, 0.5) is 14.5 Å². The van der Waals surface area contributed by atoms with Gasteiger partial charge in [-0.3, -0.25) is 4.79 Å². The molecule has 0 saturated heterocycles. The van der Waals surface area contributed by atoms with Crippen LogP contribution in [-0.2, 0) is 9.73 Å². The summed E-state index contributed by atoms with van der Waals surface area (Å²) >= 11 is 0. The van der Waals surface area contributed by atoms with E-state index >= 15 is 0 Å². The van der Waals surface area contributed by atoms with Gasteiger partial charge in [0.1, 0.15) is 5.56 Å². The molecule has 0 bridgehead atoms. The van der Waals surface area contributed by atoms with Crippen LogP contribution in [0.1, 0.15) is 33.5 Å². The highest BCUT2D eigenvalue weighted by Crippen LogP contribution is 2.37. The van der Waals surface area contributed by atoms with E-state index in [9.17, 15) is 23.0 Å². The van der Waals surface area contributed by atoms with Crippen molar-refractivity contribution in [3.8, 4) is 34.6 Å². The van der Waals surface area contributed by atoms with Gasteiger partial charge in [-0.15, -0.1) is 0 Å². The Morgan fingerprint density at radius 1 is 1.10 bits per heavy atom. The number of nitriles is 1. The molecule has 3 aromatic carbocycles. The average Bonchev–Trinajstić information content (AvgIpc) is 2.93. The number of halogens is 2. The van der Waals surface area contributed by atoms with Crippen LogP contribution in [0.15, 0.2) is 77.8 Å². The van der Waals surface area contributed by atoms with E-state index in [4.69, 9.17) is 14.3 Å². The van der Waals surface area contributed by atoms with E-state index in [1.807, 2.05) is 6.07 Å². The standard InChI is InChI=1S/C29H24F2N4O4S/c1-17-23(19-8-10-20(11-9-19)27(30)31)16-34-29(39-24-12-7-18(15-32)13-25(24)38-2)26(17)28(36)35-21-5-4-6-22(14-21)40(3,33)37/h4-14,16,27,33H,1-3H3,(H,35,36)/t40-/m1/s1. The summed E-state index contributed by atoms with van der Waals surface area (Å²) in [5.74, 6) is -0.221. The third kappa shape index (κ3) is 6.08. The van der Waals surface area contributed by atoms with Gasteiger partial charge in [0.25, 0.3) is 12.3 Å². The lowest BCUT2D eigenvalue weighted by molar-refractivity contribution is 0.102. The lowest BCUT2D eigenvalue weighted by Gasteiger charge is -2.17. The van der Waals surface area contributed by atoms with Crippen LogP contribution in [0.5, 0.6) is 17.4 Å². The Balaban J connectivity index is 1.81. The summed E-state index contributed by atoms with van der Waals surface area (Å²) in [7, 11) is -1.62. The number of hydrogen-bond donors (Lipinski definition) is 2. The van der Waals surface area contributed by atoms with Gasteiger partial charge in [-0.2, -0.15) is 5.26 Å². The molecule has 8 nitrogen and oxygen atoms in total. The number of alkyl halides is 2. The zero-order valence-corrected chi connectivity index (χ0v) is 22.5. The van der Waals surface area contributed by atoms with Crippen molar-refractivity contribution < 1.29 is 27.3 Å². The summed E-state index contributed by atoms with van der Waals surface area (Å²) in [6.07, 6.45) is 0.133. The number of nitrogens with one attached hydrogen (secondary N) is 2. The van der Waals surface area contributed by atoms with Gasteiger partial charge in [0, 0.05) is 40.2 Å². The second-order valence-corrected chi connectivity index (χ2v) is 11.0. The summed E-state index contributed by atoms with van der Waals surface area (Å²) in [6.45, 7) is 1.68. The average molecular weight is 563 g/mol. The molecular weight excluding hydrogens is 538 g/mol. The summed E-state index contributed by atoms with van der Waals surface area (Å²) in [6, 6.07) is 18.3. The molecule has 0 spiro atoms. The maximum Gasteiger partial charge on any atom is 0.263 e. The van der Waals surface area contributed by atoms with E-state index in [0.29, 0.717) is 27.9 Å². The third-order valence-corrected chi connectivity index (χ3v) is 7.20. The lowest BCUT2D eigenvalue weighted by Crippen LogP contribution is -2.16. The van der Waals surface area contributed by atoms with Crippen LogP contribution in [0.25, 0.3) is 11.1 Å². The molecule has 0 aliphatic rings. The number of anilines is 1. The molecule has 4 rings (SSSR count). The van der Waals surface area contributed by atoms with Gasteiger partial charge in [0.2, 0.25) is 5.88 Å². The number of hydrogen-bond acceptors (Lipinski definition) is 7. The molecule has 2 N–H and O–H groups in total. The molecule has 0 aliphatic heterocycles. The van der Waals surface area contributed by atoms with E-state index < -0.39 is 22.1 Å². The number of carbonyl (C=O) groups excluding carboxylic acids is 1. The first kappa shape index (κ1) is 28.2. The third-order valence-electron chi connectivity index (χ3n) is 6.05. The summed E-state index contributed by atoms with van der Waals surface area (Å²) in [4.78, 5) is 18.3. The van der Waals surface area contributed by atoms with Crippen LogP contribution in [-0.4, -0.2) is 28.5 Å². The molecule has 0 unspecified atom stereocenters. The van der Waals surface area contributed by atoms with Gasteiger partial charge in [-0.1, -0.05) is 30.3 Å². The zero-order valence-electron chi connectivity index (χ0n) is 21.7. The quantitative estimate of drug-likeness (QED) is 0.239. The first-order valence-corrected chi connectivity index (χ1v) is 13.8. The highest BCUT2D eigenvalue weighted by atomic mass is 32.2. The normalized spacial score (nSPS) is 12.3. The number of aromatic nitrogens is 1. The monoisotopic (exact) mass is 562 g/mol. The largest absolute Gasteiger partial charge is 0.493 e. The van der Waals surface area contributed by atoms with Crippen molar-refractivity contribution in [2.24, 2.45) is 0 Å². The molecule has 0 radical (unpaired) electrons. The minimum absolute atomic E-state index is 0.0513. The first-order chi connectivity index (χ1) is 19.0. The Morgan fingerprint density at radius 2 is 1.82 bits per heavy atom. The van der Waals surface area contributed by atoms with Crippen LogP contribution >= 0.6 is 0 Å². The minimum atomic E-state index is -3.03. The number of carbonyl (C=O) groups is 1. The first-order valence-electron chi connectivity index (χ1n) is 11.8. The second-order valence-electron chi connectivity index (χ2n) is 8.80. The van der Waals surface area contributed by atoms with Crippen LogP contribution in [0.3, 0.4) is 0 Å². The maximum absolute atomic E-state index is 13.7. The molecule has 0 fully saturated rings. The van der Waals surface area contributed by atoms with Crippen molar-refractivity contribution in [3.63, 3.8) is 0 Å². The predicted molar refractivity (Wildman–Crippen MR) is 147 cm³/mol. The van der Waals surface area contributed by atoms with E-state index in [0.717, 1.165) is 0 Å². The molecule has 1 heterocycles. The molecule has 1 aromatic heterocycles. The Bertz CT molecular complexity index is 1730. The molecule has 1 atom stereocenters. The Kier molecular flexibility index (Phi) is 8.11. The highest BCUT2D eigenvalue weighted by molar-refractivity contribution is 7.91. The Morgan fingerprint density at radius 3 is 2.45 bits per heavy atom. The number of methoxy groups -OCH3 is 1. The van der Waals surface area contributed by atoms with Gasteiger partial charge < -0.3 is 14.8 Å². The van der Waals surface area contributed by atoms with E-state index in [1.54, 1.807) is 19.1 Å². The van der Waals surface area contributed by atoms with Crippen molar-refractivity contribution >= 4 is 21.3 Å². The van der Waals surface area contributed by atoms with E-state index in [1.165, 1.54) is 74.2 Å². The van der Waals surface area contributed by atoms with Gasteiger partial charge in [0.05, 0.1) is 28.5 Å². The number of ether oxygens (including phenoxy) is 2. The number of nitrogens with zero attached hydrogens (tertiary/aromatic N) is 2. The van der Waals surface area contributed by atoms with Crippen molar-refractivity contribution in [2.45, 2.75) is 18.2 Å². The summed E-state index contributed by atoms with van der Waals surface area (Å²) in [5.41, 5.74) is 2.09. The number of amides is 1. The molecule has 1 amide bonds. The minimum Gasteiger partial charge on any atom is -0.493 e. The highest BCUT2D eigenvalue weighted by Gasteiger charge is 2.23. The Hall–Kier alpha value is -4.82. The fourth-order valence-electron chi connectivity index (χ4n) is 3.96. The van der Waals surface area contributed by atoms with Crippen LogP contribution < -0.4 is 14.8 Å². The summed E-state index contributed by atoms with van der Waals surface area (Å²) < 4.78 is 57.6. The molecular formula is C29H24F2N4O4S. The lowest BCUT2D eigenvalue weighted by atomic mass is 9.97. The SMILES string of the molecule is COc1cc(C#N)ccc1Oc1ncc(-c2ccc(C(F)F)cc2)c(C)c1C(=O)Nc1cccc([S@](C)(=N)=O)c1. The predicted octanol–water partition coefficient (Wildman–Crippen LogP) is 6.95.